The summed E-state index contributed by atoms with van der Waals surface area (Å²) in [5.74, 6) is 0.402. The molecule has 0 unspecified atom stereocenters. The fourth-order valence-corrected chi connectivity index (χ4v) is 2.06. The first-order valence-electron chi connectivity index (χ1n) is 5.94. The number of carbonyl (C=O) groups excluding carboxylic acids is 1. The summed E-state index contributed by atoms with van der Waals surface area (Å²) in [6.07, 6.45) is 0. The maximum Gasteiger partial charge on any atom is 0.163 e. The van der Waals surface area contributed by atoms with Crippen LogP contribution in [0.1, 0.15) is 22.8 Å². The van der Waals surface area contributed by atoms with Crippen LogP contribution >= 0.6 is 23.2 Å². The second-order valence-corrected chi connectivity index (χ2v) is 5.16. The molecule has 0 atom stereocenters. The van der Waals surface area contributed by atoms with Crippen molar-refractivity contribution < 1.29 is 9.53 Å². The number of Topliss-reactive ketones (excluding diaryl/α,β-unsaturated/α-hetero) is 1. The van der Waals surface area contributed by atoms with Gasteiger partial charge in [-0.15, -0.1) is 0 Å². The molecule has 0 bridgehead atoms. The van der Waals surface area contributed by atoms with E-state index in [0.29, 0.717) is 33.7 Å². The van der Waals surface area contributed by atoms with Gasteiger partial charge in [0.2, 0.25) is 0 Å². The first kappa shape index (κ1) is 14.7. The van der Waals surface area contributed by atoms with Crippen molar-refractivity contribution in [2.75, 3.05) is 5.73 Å². The van der Waals surface area contributed by atoms with Crippen molar-refractivity contribution in [3.05, 3.63) is 57.6 Å². The molecule has 0 aliphatic heterocycles. The highest BCUT2D eigenvalue weighted by Gasteiger charge is 2.09. The molecule has 0 saturated heterocycles. The van der Waals surface area contributed by atoms with Crippen LogP contribution in [0.15, 0.2) is 36.4 Å². The number of halogens is 2. The number of hydrogen-bond donors (Lipinski definition) is 1. The first-order chi connectivity index (χ1) is 9.47. The van der Waals surface area contributed by atoms with E-state index in [0.717, 1.165) is 5.56 Å². The summed E-state index contributed by atoms with van der Waals surface area (Å²) in [6.45, 7) is 1.77. The maximum absolute atomic E-state index is 11.6. The maximum atomic E-state index is 11.6. The van der Waals surface area contributed by atoms with Gasteiger partial charge in [-0.3, -0.25) is 4.79 Å². The Balaban J connectivity index is 2.18. The molecule has 0 heterocycles. The zero-order valence-corrected chi connectivity index (χ0v) is 12.3. The number of rotatable bonds is 4. The lowest BCUT2D eigenvalue weighted by molar-refractivity contribution is 0.101. The Morgan fingerprint density at radius 3 is 2.55 bits per heavy atom. The van der Waals surface area contributed by atoms with E-state index in [1.54, 1.807) is 30.3 Å². The average molecular weight is 310 g/mol. The van der Waals surface area contributed by atoms with Crippen molar-refractivity contribution in [1.29, 1.82) is 0 Å². The number of carbonyl (C=O) groups is 1. The van der Waals surface area contributed by atoms with Crippen LogP contribution in [0.2, 0.25) is 10.0 Å². The van der Waals surface area contributed by atoms with E-state index in [2.05, 4.69) is 0 Å². The molecule has 5 heteroatoms. The van der Waals surface area contributed by atoms with Gasteiger partial charge in [0.15, 0.2) is 5.78 Å². The topological polar surface area (TPSA) is 52.3 Å². The van der Waals surface area contributed by atoms with E-state index in [1.165, 1.54) is 6.92 Å². The smallest absolute Gasteiger partial charge is 0.163 e. The van der Waals surface area contributed by atoms with Crippen molar-refractivity contribution in [2.45, 2.75) is 13.5 Å². The molecule has 0 radical (unpaired) electrons. The Hall–Kier alpha value is -1.71. The summed E-state index contributed by atoms with van der Waals surface area (Å²) in [5.41, 5.74) is 7.52. The predicted molar refractivity (Wildman–Crippen MR) is 81.7 cm³/mol. The van der Waals surface area contributed by atoms with Gasteiger partial charge in [0.1, 0.15) is 12.4 Å². The standard InChI is InChI=1S/C15H13Cl2NO2/c1-9(19)12-7-11(18)3-5-15(12)20-8-10-2-4-13(16)14(17)6-10/h2-7H,8,18H2,1H3. The van der Waals surface area contributed by atoms with Crippen molar-refractivity contribution in [1.82, 2.24) is 0 Å². The monoisotopic (exact) mass is 309 g/mol. The third kappa shape index (κ3) is 3.44. The largest absolute Gasteiger partial charge is 0.488 e. The summed E-state index contributed by atoms with van der Waals surface area (Å²) in [6, 6.07) is 10.2. The minimum atomic E-state index is -0.0959. The second-order valence-electron chi connectivity index (χ2n) is 4.35. The highest BCUT2D eigenvalue weighted by atomic mass is 35.5. The van der Waals surface area contributed by atoms with Crippen molar-refractivity contribution >= 4 is 34.7 Å². The Morgan fingerprint density at radius 1 is 1.15 bits per heavy atom. The van der Waals surface area contributed by atoms with E-state index < -0.39 is 0 Å². The van der Waals surface area contributed by atoms with Crippen LogP contribution in [-0.4, -0.2) is 5.78 Å². The molecule has 3 nitrogen and oxygen atoms in total. The van der Waals surface area contributed by atoms with Gasteiger partial charge in [-0.05, 0) is 42.8 Å². The Morgan fingerprint density at radius 2 is 1.90 bits per heavy atom. The number of benzene rings is 2. The number of nitrogen functional groups attached to an aromatic ring is 1. The summed E-state index contributed by atoms with van der Waals surface area (Å²) >= 11 is 11.8. The highest BCUT2D eigenvalue weighted by Crippen LogP contribution is 2.25. The molecule has 0 aliphatic carbocycles. The summed E-state index contributed by atoms with van der Waals surface area (Å²) in [5, 5.41) is 0.962. The van der Waals surface area contributed by atoms with Gasteiger partial charge in [-0.2, -0.15) is 0 Å². The molecule has 0 amide bonds. The van der Waals surface area contributed by atoms with Crippen LogP contribution in [0, 0.1) is 0 Å². The van der Waals surface area contributed by atoms with E-state index in [4.69, 9.17) is 33.7 Å². The van der Waals surface area contributed by atoms with Gasteiger partial charge in [0, 0.05) is 5.69 Å². The Labute approximate surface area is 127 Å². The van der Waals surface area contributed by atoms with E-state index in [-0.39, 0.29) is 5.78 Å². The predicted octanol–water partition coefficient (Wildman–Crippen LogP) is 4.36. The van der Waals surface area contributed by atoms with Crippen LogP contribution in [0.25, 0.3) is 0 Å². The van der Waals surface area contributed by atoms with Crippen LogP contribution in [0.4, 0.5) is 5.69 Å². The van der Waals surface area contributed by atoms with E-state index in [9.17, 15) is 4.79 Å². The minimum absolute atomic E-state index is 0.0959. The zero-order chi connectivity index (χ0) is 14.7. The number of nitrogens with two attached hydrogens (primary N) is 1. The first-order valence-corrected chi connectivity index (χ1v) is 6.70. The Bertz CT molecular complexity index is 656. The SMILES string of the molecule is CC(=O)c1cc(N)ccc1OCc1ccc(Cl)c(Cl)c1. The number of ether oxygens (including phenoxy) is 1. The summed E-state index contributed by atoms with van der Waals surface area (Å²) < 4.78 is 5.66. The fraction of sp³-hybridized carbons (Fsp3) is 0.133. The molecule has 2 aromatic rings. The van der Waals surface area contributed by atoms with Crippen LogP contribution in [0.3, 0.4) is 0 Å². The van der Waals surface area contributed by atoms with Crippen LogP contribution in [-0.2, 0) is 6.61 Å². The number of anilines is 1. The van der Waals surface area contributed by atoms with Crippen molar-refractivity contribution in [3.8, 4) is 5.75 Å². The third-order valence-electron chi connectivity index (χ3n) is 2.76. The Kier molecular flexibility index (Phi) is 4.53. The second kappa shape index (κ2) is 6.16. The molecule has 104 valence electrons. The van der Waals surface area contributed by atoms with Crippen molar-refractivity contribution in [2.24, 2.45) is 0 Å². The molecular formula is C15H13Cl2NO2. The van der Waals surface area contributed by atoms with Gasteiger partial charge in [0.25, 0.3) is 0 Å². The van der Waals surface area contributed by atoms with E-state index >= 15 is 0 Å². The third-order valence-corrected chi connectivity index (χ3v) is 3.50. The highest BCUT2D eigenvalue weighted by molar-refractivity contribution is 6.42. The molecular weight excluding hydrogens is 297 g/mol. The van der Waals surface area contributed by atoms with Crippen molar-refractivity contribution in [3.63, 3.8) is 0 Å². The molecule has 0 spiro atoms. The van der Waals surface area contributed by atoms with Crippen LogP contribution in [0.5, 0.6) is 5.75 Å². The number of ketones is 1. The average Bonchev–Trinajstić information content (AvgIpc) is 2.41. The zero-order valence-electron chi connectivity index (χ0n) is 10.8. The fourth-order valence-electron chi connectivity index (χ4n) is 1.74. The van der Waals surface area contributed by atoms with Gasteiger partial charge >= 0.3 is 0 Å². The molecule has 2 aromatic carbocycles. The molecule has 2 rings (SSSR count). The van der Waals surface area contributed by atoms with Gasteiger partial charge in [0.05, 0.1) is 15.6 Å². The lowest BCUT2D eigenvalue weighted by Crippen LogP contribution is -2.02. The summed E-state index contributed by atoms with van der Waals surface area (Å²) in [7, 11) is 0. The lowest BCUT2D eigenvalue weighted by Gasteiger charge is -2.11. The molecule has 0 saturated carbocycles. The lowest BCUT2D eigenvalue weighted by atomic mass is 10.1. The van der Waals surface area contributed by atoms with Crippen LogP contribution < -0.4 is 10.5 Å². The van der Waals surface area contributed by atoms with Gasteiger partial charge in [-0.1, -0.05) is 29.3 Å². The number of hydrogen-bond acceptors (Lipinski definition) is 3. The molecule has 0 fully saturated rings. The quantitative estimate of drug-likeness (QED) is 0.674. The van der Waals surface area contributed by atoms with Gasteiger partial charge < -0.3 is 10.5 Å². The molecule has 20 heavy (non-hydrogen) atoms. The molecule has 2 N–H and O–H groups in total. The van der Waals surface area contributed by atoms with E-state index in [1.807, 2.05) is 6.07 Å². The molecule has 0 aromatic heterocycles. The van der Waals surface area contributed by atoms with Gasteiger partial charge in [-0.25, -0.2) is 0 Å². The molecule has 0 aliphatic rings. The normalized spacial score (nSPS) is 10.3. The minimum Gasteiger partial charge on any atom is -0.488 e. The summed E-state index contributed by atoms with van der Waals surface area (Å²) in [4.78, 5) is 11.6.